The van der Waals surface area contributed by atoms with E-state index < -0.39 is 0 Å². The molecule has 3 N–H and O–H groups in total. The fourth-order valence-electron chi connectivity index (χ4n) is 2.23. The van der Waals surface area contributed by atoms with Crippen LogP contribution in [-0.2, 0) is 13.0 Å². The molecule has 1 aromatic carbocycles. The topological polar surface area (TPSA) is 77.5 Å². The molecule has 6 nitrogen and oxygen atoms in total. The van der Waals surface area contributed by atoms with Crippen LogP contribution in [0.4, 0.5) is 5.69 Å². The number of hydrogen-bond acceptors (Lipinski definition) is 4. The van der Waals surface area contributed by atoms with E-state index in [0.717, 1.165) is 41.0 Å². The van der Waals surface area contributed by atoms with E-state index in [1.807, 2.05) is 24.3 Å². The van der Waals surface area contributed by atoms with Gasteiger partial charge in [0.1, 0.15) is 5.75 Å². The number of rotatable bonds is 5. The fraction of sp³-hybridized carbons (Fsp3) is 0.333. The van der Waals surface area contributed by atoms with E-state index in [1.54, 1.807) is 18.9 Å². The molecule has 0 atom stereocenters. The number of fused-ring (bicyclic) bond motifs is 1. The van der Waals surface area contributed by atoms with Crippen molar-refractivity contribution in [2.24, 2.45) is 10.7 Å². The van der Waals surface area contributed by atoms with Crippen LogP contribution in [0.3, 0.4) is 0 Å². The van der Waals surface area contributed by atoms with Crippen molar-refractivity contribution in [2.45, 2.75) is 18.1 Å². The Hall–Kier alpha value is -2.15. The number of anilines is 1. The summed E-state index contributed by atoms with van der Waals surface area (Å²) in [6, 6.07) is 7.55. The van der Waals surface area contributed by atoms with Crippen LogP contribution < -0.4 is 15.8 Å². The van der Waals surface area contributed by atoms with Crippen LogP contribution in [0.2, 0.25) is 0 Å². The lowest BCUT2D eigenvalue weighted by Crippen LogP contribution is -2.23. The molecule has 3 rings (SSSR count). The first-order valence-corrected chi connectivity index (χ1v) is 8.13. The molecular formula is C15H19N5OS. The number of ether oxygens (including phenoxy) is 1. The summed E-state index contributed by atoms with van der Waals surface area (Å²) in [6.45, 7) is 1.67. The average molecular weight is 317 g/mol. The molecule has 0 saturated carbocycles. The number of aryl methyl sites for hydroxylation is 1. The molecule has 0 bridgehead atoms. The molecule has 0 spiro atoms. The van der Waals surface area contributed by atoms with Gasteiger partial charge in [-0.15, -0.1) is 0 Å². The van der Waals surface area contributed by atoms with E-state index in [4.69, 9.17) is 10.5 Å². The Kier molecular flexibility index (Phi) is 4.53. The van der Waals surface area contributed by atoms with Gasteiger partial charge in [0.15, 0.2) is 11.1 Å². The van der Waals surface area contributed by atoms with Crippen LogP contribution in [-0.4, -0.2) is 34.9 Å². The van der Waals surface area contributed by atoms with Gasteiger partial charge >= 0.3 is 0 Å². The average Bonchev–Trinajstić information content (AvgIpc) is 3.09. The van der Waals surface area contributed by atoms with Crippen LogP contribution >= 0.6 is 11.8 Å². The zero-order valence-corrected chi connectivity index (χ0v) is 13.3. The van der Waals surface area contributed by atoms with Crippen molar-refractivity contribution in [3.63, 3.8) is 0 Å². The van der Waals surface area contributed by atoms with Crippen molar-refractivity contribution >= 4 is 23.4 Å². The van der Waals surface area contributed by atoms with E-state index >= 15 is 0 Å². The van der Waals surface area contributed by atoms with Gasteiger partial charge in [0.2, 0.25) is 0 Å². The lowest BCUT2D eigenvalue weighted by molar-refractivity contribution is 0.415. The number of aliphatic imine (C=N–C) groups is 1. The molecule has 0 aliphatic carbocycles. The van der Waals surface area contributed by atoms with Crippen LogP contribution in [0.25, 0.3) is 0 Å². The Balaban J connectivity index is 1.50. The van der Waals surface area contributed by atoms with Gasteiger partial charge in [-0.05, 0) is 24.3 Å². The normalized spacial score (nSPS) is 14.0. The summed E-state index contributed by atoms with van der Waals surface area (Å²) >= 11 is 1.80. The van der Waals surface area contributed by atoms with Gasteiger partial charge in [-0.25, -0.2) is 4.98 Å². The number of aromatic nitrogens is 2. The van der Waals surface area contributed by atoms with Gasteiger partial charge in [-0.1, -0.05) is 11.8 Å². The number of thioether (sulfide) groups is 1. The molecule has 0 saturated heterocycles. The Labute approximate surface area is 133 Å². The molecule has 2 heterocycles. The van der Waals surface area contributed by atoms with Crippen LogP contribution in [0.5, 0.6) is 5.75 Å². The fourth-order valence-corrected chi connectivity index (χ4v) is 3.20. The SMILES string of the molecule is COc1ccc(NC(N)=NCCc2cn3c(n2)SCC3)cc1. The number of benzene rings is 1. The van der Waals surface area contributed by atoms with Gasteiger partial charge in [0.25, 0.3) is 0 Å². The first-order valence-electron chi connectivity index (χ1n) is 7.14. The summed E-state index contributed by atoms with van der Waals surface area (Å²) in [5, 5.41) is 4.18. The molecule has 0 radical (unpaired) electrons. The zero-order chi connectivity index (χ0) is 15.4. The summed E-state index contributed by atoms with van der Waals surface area (Å²) < 4.78 is 7.31. The first kappa shape index (κ1) is 14.8. The number of methoxy groups -OCH3 is 1. The van der Waals surface area contributed by atoms with Gasteiger partial charge in [0.05, 0.1) is 12.8 Å². The molecule has 2 aromatic rings. The maximum absolute atomic E-state index is 5.89. The second-order valence-corrected chi connectivity index (χ2v) is 5.99. The first-order chi connectivity index (χ1) is 10.7. The molecule has 0 unspecified atom stereocenters. The Bertz CT molecular complexity index is 644. The van der Waals surface area contributed by atoms with E-state index in [1.165, 1.54) is 0 Å². The standard InChI is InChI=1S/C15H19N5OS/c1-21-13-4-2-11(3-5-13)18-14(16)17-7-6-12-10-20-8-9-22-15(20)19-12/h2-5,10H,6-9H2,1H3,(H3,16,17,18). The third-order valence-electron chi connectivity index (χ3n) is 3.37. The monoisotopic (exact) mass is 317 g/mol. The quantitative estimate of drug-likeness (QED) is 0.651. The minimum atomic E-state index is 0.409. The summed E-state index contributed by atoms with van der Waals surface area (Å²) in [5.41, 5.74) is 7.85. The predicted molar refractivity (Wildman–Crippen MR) is 89.8 cm³/mol. The third-order valence-corrected chi connectivity index (χ3v) is 4.34. The molecule has 0 amide bonds. The number of nitrogens with one attached hydrogen (secondary N) is 1. The lowest BCUT2D eigenvalue weighted by Gasteiger charge is -2.06. The Morgan fingerprint density at radius 2 is 2.27 bits per heavy atom. The number of nitrogens with zero attached hydrogens (tertiary/aromatic N) is 3. The largest absolute Gasteiger partial charge is 0.497 e. The summed E-state index contributed by atoms with van der Waals surface area (Å²) in [7, 11) is 1.64. The molecule has 22 heavy (non-hydrogen) atoms. The Morgan fingerprint density at radius 3 is 3.00 bits per heavy atom. The summed E-state index contributed by atoms with van der Waals surface area (Å²) in [5.74, 6) is 2.34. The van der Waals surface area contributed by atoms with Crippen molar-refractivity contribution in [3.05, 3.63) is 36.2 Å². The van der Waals surface area contributed by atoms with E-state index in [2.05, 4.69) is 26.1 Å². The predicted octanol–water partition coefficient (Wildman–Crippen LogP) is 1.97. The molecule has 1 aliphatic heterocycles. The van der Waals surface area contributed by atoms with Gasteiger partial charge in [-0.3, -0.25) is 4.99 Å². The summed E-state index contributed by atoms with van der Waals surface area (Å²) in [4.78, 5) is 8.91. The molecule has 7 heteroatoms. The van der Waals surface area contributed by atoms with Gasteiger partial charge in [0, 0.05) is 37.1 Å². The minimum Gasteiger partial charge on any atom is -0.497 e. The van der Waals surface area contributed by atoms with Crippen molar-refractivity contribution in [3.8, 4) is 5.75 Å². The van der Waals surface area contributed by atoms with Gasteiger partial charge in [-0.2, -0.15) is 0 Å². The highest BCUT2D eigenvalue weighted by Gasteiger charge is 2.13. The van der Waals surface area contributed by atoms with Crippen molar-refractivity contribution in [2.75, 3.05) is 24.7 Å². The highest BCUT2D eigenvalue weighted by atomic mass is 32.2. The van der Waals surface area contributed by atoms with E-state index in [9.17, 15) is 0 Å². The second kappa shape index (κ2) is 6.74. The van der Waals surface area contributed by atoms with E-state index in [-0.39, 0.29) is 0 Å². The van der Waals surface area contributed by atoms with Gasteiger partial charge < -0.3 is 20.4 Å². The molecule has 1 aromatic heterocycles. The maximum Gasteiger partial charge on any atom is 0.193 e. The number of guanidine groups is 1. The number of hydrogen-bond donors (Lipinski definition) is 2. The van der Waals surface area contributed by atoms with E-state index in [0.29, 0.717) is 12.5 Å². The van der Waals surface area contributed by atoms with Crippen molar-refractivity contribution < 1.29 is 4.74 Å². The lowest BCUT2D eigenvalue weighted by atomic mass is 10.3. The van der Waals surface area contributed by atoms with Crippen molar-refractivity contribution in [1.29, 1.82) is 0 Å². The number of imidazole rings is 1. The second-order valence-electron chi connectivity index (χ2n) is 4.93. The highest BCUT2D eigenvalue weighted by molar-refractivity contribution is 7.99. The summed E-state index contributed by atoms with van der Waals surface area (Å²) in [6.07, 6.45) is 2.91. The molecular weight excluding hydrogens is 298 g/mol. The Morgan fingerprint density at radius 1 is 1.45 bits per heavy atom. The molecule has 0 fully saturated rings. The maximum atomic E-state index is 5.89. The van der Waals surface area contributed by atoms with Crippen molar-refractivity contribution in [1.82, 2.24) is 9.55 Å². The van der Waals surface area contributed by atoms with Crippen LogP contribution in [0.1, 0.15) is 5.69 Å². The molecule has 1 aliphatic rings. The number of nitrogens with two attached hydrogens (primary N) is 1. The minimum absolute atomic E-state index is 0.409. The van der Waals surface area contributed by atoms with Crippen LogP contribution in [0, 0.1) is 0 Å². The zero-order valence-electron chi connectivity index (χ0n) is 12.5. The smallest absolute Gasteiger partial charge is 0.193 e. The molecule has 116 valence electrons. The third kappa shape index (κ3) is 3.54. The highest BCUT2D eigenvalue weighted by Crippen LogP contribution is 2.24. The van der Waals surface area contributed by atoms with Crippen LogP contribution in [0.15, 0.2) is 40.6 Å².